The molecule has 0 aliphatic carbocycles. The molecule has 1 unspecified atom stereocenters. The summed E-state index contributed by atoms with van der Waals surface area (Å²) in [5.74, 6) is -2.30. The Bertz CT molecular complexity index is 1500. The van der Waals surface area contributed by atoms with Crippen LogP contribution in [0.4, 0.5) is 25.2 Å². The second kappa shape index (κ2) is 8.91. The average molecular weight is 566 g/mol. The number of hydrogen-bond donors (Lipinski definition) is 3. The Morgan fingerprint density at radius 2 is 1.94 bits per heavy atom. The summed E-state index contributed by atoms with van der Waals surface area (Å²) in [6.45, 7) is 0. The maximum Gasteiger partial charge on any atom is 0.413 e. The number of hydrogen-bond acceptors (Lipinski definition) is 5. The summed E-state index contributed by atoms with van der Waals surface area (Å²) in [4.78, 5) is 32.8. The highest BCUT2D eigenvalue weighted by molar-refractivity contribution is 9.10. The number of benzene rings is 3. The number of aromatic amines is 1. The van der Waals surface area contributed by atoms with Crippen LogP contribution in [0.5, 0.6) is 0 Å². The molecule has 1 aliphatic rings. The molecule has 8 nitrogen and oxygen atoms in total. The minimum atomic E-state index is -2.17. The van der Waals surface area contributed by atoms with Gasteiger partial charge in [-0.15, -0.1) is 12.4 Å². The Balaban J connectivity index is 0.00000289. The molecule has 1 atom stereocenters. The summed E-state index contributed by atoms with van der Waals surface area (Å²) < 4.78 is 33.7. The minimum absolute atomic E-state index is 0. The van der Waals surface area contributed by atoms with Crippen LogP contribution in [0.2, 0.25) is 0 Å². The molecule has 0 radical (unpaired) electrons. The number of anilines is 2. The highest BCUT2D eigenvalue weighted by Crippen LogP contribution is 2.46. The van der Waals surface area contributed by atoms with Gasteiger partial charge in [0.1, 0.15) is 5.82 Å². The first-order valence-corrected chi connectivity index (χ1v) is 10.7. The van der Waals surface area contributed by atoms with Crippen LogP contribution in [0.1, 0.15) is 21.5 Å². The van der Waals surface area contributed by atoms with E-state index in [1.165, 1.54) is 25.3 Å². The van der Waals surface area contributed by atoms with Gasteiger partial charge >= 0.3 is 6.09 Å². The van der Waals surface area contributed by atoms with Crippen molar-refractivity contribution in [3.05, 3.63) is 87.4 Å². The van der Waals surface area contributed by atoms with Gasteiger partial charge in [-0.05, 0) is 40.2 Å². The van der Waals surface area contributed by atoms with Crippen molar-refractivity contribution in [1.29, 1.82) is 0 Å². The lowest BCUT2D eigenvalue weighted by atomic mass is 9.93. The van der Waals surface area contributed by atoms with Crippen molar-refractivity contribution in [1.82, 2.24) is 9.97 Å². The molecule has 1 aromatic heterocycles. The fourth-order valence-electron chi connectivity index (χ4n) is 4.07. The van der Waals surface area contributed by atoms with Gasteiger partial charge in [0.15, 0.2) is 11.5 Å². The van der Waals surface area contributed by atoms with Crippen LogP contribution in [0.15, 0.2) is 59.1 Å². The lowest BCUT2D eigenvalue weighted by Gasteiger charge is -2.35. The Morgan fingerprint density at radius 3 is 2.69 bits per heavy atom. The van der Waals surface area contributed by atoms with Crippen molar-refractivity contribution < 1.29 is 28.2 Å². The Labute approximate surface area is 211 Å². The van der Waals surface area contributed by atoms with Gasteiger partial charge in [-0.3, -0.25) is 15.0 Å². The molecule has 3 N–H and O–H groups in total. The zero-order valence-corrected chi connectivity index (χ0v) is 20.2. The smallest absolute Gasteiger partial charge is 0.413 e. The molecule has 1 aliphatic heterocycles. The lowest BCUT2D eigenvalue weighted by Crippen LogP contribution is -2.45. The summed E-state index contributed by atoms with van der Waals surface area (Å²) in [5.41, 5.74) is -1.22. The van der Waals surface area contributed by atoms with E-state index < -0.39 is 35.0 Å². The highest BCUT2D eigenvalue weighted by Gasteiger charge is 2.51. The molecule has 2 amide bonds. The third kappa shape index (κ3) is 3.81. The number of aromatic nitrogens is 2. The first kappa shape index (κ1) is 24.6. The minimum Gasteiger partial charge on any atom is -0.453 e. The summed E-state index contributed by atoms with van der Waals surface area (Å²) in [6, 6.07) is 12.7. The number of methoxy groups -OCH3 is 1. The molecular formula is C23H16BrClF2N4O4. The molecule has 0 bridgehead atoms. The van der Waals surface area contributed by atoms with Gasteiger partial charge in [-0.25, -0.2) is 18.6 Å². The second-order valence-electron chi connectivity index (χ2n) is 7.51. The van der Waals surface area contributed by atoms with Crippen molar-refractivity contribution in [2.24, 2.45) is 0 Å². The number of carbonyl (C=O) groups is 2. The number of halogens is 4. The van der Waals surface area contributed by atoms with Crippen molar-refractivity contribution in [3.8, 4) is 0 Å². The molecule has 5 rings (SSSR count). The predicted octanol–water partition coefficient (Wildman–Crippen LogP) is 5.06. The number of nitrogens with zero attached hydrogens (tertiary/aromatic N) is 2. The lowest BCUT2D eigenvalue weighted by molar-refractivity contribution is 0.0698. The maximum absolute atomic E-state index is 15.1. The topological polar surface area (TPSA) is 108 Å². The highest BCUT2D eigenvalue weighted by atomic mass is 79.9. The van der Waals surface area contributed by atoms with Gasteiger partial charge in [0, 0.05) is 22.8 Å². The monoisotopic (exact) mass is 564 g/mol. The van der Waals surface area contributed by atoms with E-state index >= 15 is 4.39 Å². The van der Waals surface area contributed by atoms with E-state index in [9.17, 15) is 19.1 Å². The van der Waals surface area contributed by atoms with Crippen LogP contribution in [0, 0.1) is 11.6 Å². The summed E-state index contributed by atoms with van der Waals surface area (Å²) in [7, 11) is 1.21. The zero-order valence-electron chi connectivity index (χ0n) is 17.8. The standard InChI is InChI=1S/C23H15BrF2N4O4.ClH/c1-34-22(32)29-21-27-16-7-6-11(8-17(16)28-21)23(33)14-5-3-2-4-13(14)20(31)30(23)18-10-12(25)9-15(24)19(18)26;/h2-10,33H,1H3,(H2,27,28,29,32);1H. The van der Waals surface area contributed by atoms with Gasteiger partial charge < -0.3 is 14.8 Å². The van der Waals surface area contributed by atoms with Crippen LogP contribution in [-0.2, 0) is 10.5 Å². The molecule has 35 heavy (non-hydrogen) atoms. The van der Waals surface area contributed by atoms with E-state index in [2.05, 4.69) is 36.0 Å². The maximum atomic E-state index is 15.1. The van der Waals surface area contributed by atoms with E-state index in [0.717, 1.165) is 17.0 Å². The molecule has 0 fully saturated rings. The number of amides is 2. The van der Waals surface area contributed by atoms with E-state index in [1.54, 1.807) is 24.3 Å². The third-order valence-corrected chi connectivity index (χ3v) is 6.14. The number of aliphatic hydroxyl groups is 1. The largest absolute Gasteiger partial charge is 0.453 e. The first-order chi connectivity index (χ1) is 16.2. The second-order valence-corrected chi connectivity index (χ2v) is 8.37. The number of rotatable bonds is 3. The quantitative estimate of drug-likeness (QED) is 0.301. The van der Waals surface area contributed by atoms with Crippen LogP contribution >= 0.6 is 28.3 Å². The van der Waals surface area contributed by atoms with Gasteiger partial charge in [0.2, 0.25) is 5.95 Å². The molecule has 180 valence electrons. The molecule has 0 saturated heterocycles. The summed E-state index contributed by atoms with van der Waals surface area (Å²) >= 11 is 2.96. The molecule has 12 heteroatoms. The zero-order chi connectivity index (χ0) is 24.2. The van der Waals surface area contributed by atoms with Crippen molar-refractivity contribution in [3.63, 3.8) is 0 Å². The van der Waals surface area contributed by atoms with Crippen LogP contribution in [0.25, 0.3) is 11.0 Å². The van der Waals surface area contributed by atoms with E-state index in [1.807, 2.05) is 0 Å². The number of fused-ring (bicyclic) bond motifs is 2. The van der Waals surface area contributed by atoms with Crippen molar-refractivity contribution >= 4 is 63.0 Å². The Kier molecular flexibility index (Phi) is 6.26. The van der Waals surface area contributed by atoms with Gasteiger partial charge in [-0.1, -0.05) is 24.3 Å². The number of imidazole rings is 1. The fraction of sp³-hybridized carbons (Fsp3) is 0.0870. The number of H-pyrrole nitrogens is 1. The van der Waals surface area contributed by atoms with Crippen molar-refractivity contribution in [2.45, 2.75) is 5.72 Å². The molecule has 3 aromatic carbocycles. The average Bonchev–Trinajstić information content (AvgIpc) is 3.32. The van der Waals surface area contributed by atoms with Crippen molar-refractivity contribution in [2.75, 3.05) is 17.3 Å². The fourth-order valence-corrected chi connectivity index (χ4v) is 4.49. The molecule has 0 saturated carbocycles. The number of ether oxygens (including phenoxy) is 1. The van der Waals surface area contributed by atoms with Gasteiger partial charge in [-0.2, -0.15) is 0 Å². The molecule has 4 aromatic rings. The Morgan fingerprint density at radius 1 is 1.20 bits per heavy atom. The normalized spacial score (nSPS) is 16.7. The SMILES string of the molecule is COC(=O)Nc1nc2ccc(C3(O)c4ccccc4C(=O)N3c3cc(F)cc(Br)c3F)cc2[nH]1.Cl. The van der Waals surface area contributed by atoms with E-state index in [4.69, 9.17) is 0 Å². The third-order valence-electron chi connectivity index (χ3n) is 5.56. The predicted molar refractivity (Wildman–Crippen MR) is 130 cm³/mol. The number of carbonyl (C=O) groups excluding carboxylic acids is 2. The molecule has 0 spiro atoms. The van der Waals surface area contributed by atoms with E-state index in [0.29, 0.717) is 11.0 Å². The van der Waals surface area contributed by atoms with Gasteiger partial charge in [0.25, 0.3) is 5.91 Å². The Hall–Kier alpha value is -3.54. The van der Waals surface area contributed by atoms with E-state index in [-0.39, 0.29) is 39.5 Å². The number of nitrogens with one attached hydrogen (secondary N) is 2. The molecule has 2 heterocycles. The van der Waals surface area contributed by atoms with Crippen LogP contribution in [0.3, 0.4) is 0 Å². The van der Waals surface area contributed by atoms with Crippen LogP contribution in [-0.4, -0.2) is 34.2 Å². The van der Waals surface area contributed by atoms with Gasteiger partial charge in [0.05, 0.1) is 28.3 Å². The first-order valence-electron chi connectivity index (χ1n) is 9.90. The molecular weight excluding hydrogens is 550 g/mol. The van der Waals surface area contributed by atoms with Crippen LogP contribution < -0.4 is 10.2 Å². The summed E-state index contributed by atoms with van der Waals surface area (Å²) in [6.07, 6.45) is -0.730. The summed E-state index contributed by atoms with van der Waals surface area (Å²) in [5, 5.41) is 14.4.